The Morgan fingerprint density at radius 1 is 1.44 bits per heavy atom. The molecule has 0 radical (unpaired) electrons. The molecule has 1 heterocycles. The van der Waals surface area contributed by atoms with Crippen molar-refractivity contribution in [2.45, 2.75) is 53.0 Å². The summed E-state index contributed by atoms with van der Waals surface area (Å²) in [5, 5.41) is 3.45. The van der Waals surface area contributed by atoms with Gasteiger partial charge in [0.05, 0.1) is 0 Å². The molecule has 1 rings (SSSR count). The van der Waals surface area contributed by atoms with Crippen molar-refractivity contribution in [1.29, 1.82) is 0 Å². The molecular formula is C13H26N2O. The molecular weight excluding hydrogens is 200 g/mol. The number of nitrogens with one attached hydrogen (secondary N) is 1. The van der Waals surface area contributed by atoms with Crippen LogP contribution in [0.3, 0.4) is 0 Å². The number of nitrogens with zero attached hydrogens (tertiary/aromatic N) is 1. The van der Waals surface area contributed by atoms with Crippen molar-refractivity contribution in [2.24, 2.45) is 5.41 Å². The highest BCUT2D eigenvalue weighted by Crippen LogP contribution is 2.23. The van der Waals surface area contributed by atoms with Crippen LogP contribution in [0.5, 0.6) is 0 Å². The molecule has 1 aliphatic heterocycles. The lowest BCUT2D eigenvalue weighted by Gasteiger charge is -2.32. The molecule has 0 aromatic heterocycles. The van der Waals surface area contributed by atoms with Gasteiger partial charge in [-0.25, -0.2) is 0 Å². The van der Waals surface area contributed by atoms with Crippen LogP contribution in [-0.2, 0) is 4.79 Å². The number of hydrogen-bond donors (Lipinski definition) is 1. The van der Waals surface area contributed by atoms with Gasteiger partial charge in [0.15, 0.2) is 0 Å². The van der Waals surface area contributed by atoms with Crippen molar-refractivity contribution >= 4 is 5.91 Å². The van der Waals surface area contributed by atoms with Gasteiger partial charge in [-0.2, -0.15) is 0 Å². The zero-order chi connectivity index (χ0) is 12.2. The fraction of sp³-hybridized carbons (Fsp3) is 0.923. The Labute approximate surface area is 99.6 Å². The molecule has 3 heteroatoms. The van der Waals surface area contributed by atoms with Gasteiger partial charge >= 0.3 is 0 Å². The molecule has 1 atom stereocenters. The van der Waals surface area contributed by atoms with Crippen molar-refractivity contribution in [1.82, 2.24) is 10.2 Å². The summed E-state index contributed by atoms with van der Waals surface area (Å²) in [4.78, 5) is 14.3. The van der Waals surface area contributed by atoms with Gasteiger partial charge in [0.1, 0.15) is 0 Å². The fourth-order valence-electron chi connectivity index (χ4n) is 2.11. The standard InChI is InChI=1S/C13H26N2O/c1-5-13(3,4)12(16)15(6-2)10-11-8-7-9-14-11/h11,14H,5-10H2,1-4H3. The number of rotatable bonds is 5. The van der Waals surface area contributed by atoms with Gasteiger partial charge in [0.25, 0.3) is 0 Å². The molecule has 0 spiro atoms. The lowest BCUT2D eigenvalue weighted by molar-refractivity contribution is -0.140. The Kier molecular flexibility index (Phi) is 4.78. The highest BCUT2D eigenvalue weighted by molar-refractivity contribution is 5.81. The first kappa shape index (κ1) is 13.5. The second-order valence-corrected chi connectivity index (χ2v) is 5.37. The minimum Gasteiger partial charge on any atom is -0.341 e. The summed E-state index contributed by atoms with van der Waals surface area (Å²) in [6.07, 6.45) is 3.35. The molecule has 1 fully saturated rings. The van der Waals surface area contributed by atoms with E-state index < -0.39 is 0 Å². The predicted molar refractivity (Wildman–Crippen MR) is 67.4 cm³/mol. The summed E-state index contributed by atoms with van der Waals surface area (Å²) in [5.74, 6) is 0.297. The van der Waals surface area contributed by atoms with Crippen molar-refractivity contribution in [3.8, 4) is 0 Å². The maximum atomic E-state index is 12.3. The smallest absolute Gasteiger partial charge is 0.228 e. The van der Waals surface area contributed by atoms with Gasteiger partial charge in [-0.05, 0) is 32.7 Å². The summed E-state index contributed by atoms with van der Waals surface area (Å²) in [7, 11) is 0. The van der Waals surface area contributed by atoms with Crippen molar-refractivity contribution in [3.63, 3.8) is 0 Å². The minimum atomic E-state index is -0.214. The Morgan fingerprint density at radius 3 is 2.56 bits per heavy atom. The third-order valence-electron chi connectivity index (χ3n) is 3.73. The Balaban J connectivity index is 2.55. The van der Waals surface area contributed by atoms with E-state index >= 15 is 0 Å². The van der Waals surface area contributed by atoms with E-state index in [1.54, 1.807) is 0 Å². The predicted octanol–water partition coefficient (Wildman–Crippen LogP) is 2.02. The van der Waals surface area contributed by atoms with E-state index in [-0.39, 0.29) is 5.41 Å². The highest BCUT2D eigenvalue weighted by atomic mass is 16.2. The summed E-state index contributed by atoms with van der Waals surface area (Å²) in [6.45, 7) is 11.0. The van der Waals surface area contributed by atoms with Crippen LogP contribution in [-0.4, -0.2) is 36.5 Å². The summed E-state index contributed by atoms with van der Waals surface area (Å²) < 4.78 is 0. The maximum absolute atomic E-state index is 12.3. The minimum absolute atomic E-state index is 0.214. The zero-order valence-electron chi connectivity index (χ0n) is 11.2. The average Bonchev–Trinajstić information content (AvgIpc) is 2.77. The van der Waals surface area contributed by atoms with Crippen molar-refractivity contribution in [2.75, 3.05) is 19.6 Å². The second-order valence-electron chi connectivity index (χ2n) is 5.37. The first-order chi connectivity index (χ1) is 7.51. The van der Waals surface area contributed by atoms with Gasteiger partial charge in [-0.1, -0.05) is 20.8 Å². The molecule has 0 aromatic carbocycles. The van der Waals surface area contributed by atoms with Crippen LogP contribution in [0, 0.1) is 5.41 Å². The third kappa shape index (κ3) is 3.21. The number of amides is 1. The molecule has 0 saturated carbocycles. The Hall–Kier alpha value is -0.570. The average molecular weight is 226 g/mol. The number of hydrogen-bond acceptors (Lipinski definition) is 2. The van der Waals surface area contributed by atoms with Crippen LogP contribution in [0.4, 0.5) is 0 Å². The molecule has 1 amide bonds. The monoisotopic (exact) mass is 226 g/mol. The van der Waals surface area contributed by atoms with Crippen LogP contribution < -0.4 is 5.32 Å². The number of carbonyl (C=O) groups is 1. The summed E-state index contributed by atoms with van der Waals surface area (Å²) >= 11 is 0. The van der Waals surface area contributed by atoms with E-state index in [9.17, 15) is 4.79 Å². The normalized spacial score (nSPS) is 21.1. The molecule has 0 aromatic rings. The topological polar surface area (TPSA) is 32.3 Å². The first-order valence-corrected chi connectivity index (χ1v) is 6.54. The molecule has 0 bridgehead atoms. The first-order valence-electron chi connectivity index (χ1n) is 6.54. The lowest BCUT2D eigenvalue weighted by Crippen LogP contribution is -2.46. The van der Waals surface area contributed by atoms with E-state index in [0.717, 1.165) is 26.1 Å². The molecule has 1 N–H and O–H groups in total. The van der Waals surface area contributed by atoms with Gasteiger partial charge < -0.3 is 10.2 Å². The van der Waals surface area contributed by atoms with Gasteiger partial charge in [-0.3, -0.25) is 4.79 Å². The number of likely N-dealkylation sites (N-methyl/N-ethyl adjacent to an activating group) is 1. The van der Waals surface area contributed by atoms with Gasteiger partial charge in [0.2, 0.25) is 5.91 Å². The van der Waals surface area contributed by atoms with Crippen molar-refractivity contribution in [3.05, 3.63) is 0 Å². The molecule has 1 unspecified atom stereocenters. The van der Waals surface area contributed by atoms with Gasteiger partial charge in [-0.15, -0.1) is 0 Å². The summed E-state index contributed by atoms with van der Waals surface area (Å²) in [5.41, 5.74) is -0.214. The largest absolute Gasteiger partial charge is 0.341 e. The van der Waals surface area contributed by atoms with E-state index in [0.29, 0.717) is 11.9 Å². The molecule has 3 nitrogen and oxygen atoms in total. The molecule has 1 aliphatic rings. The van der Waals surface area contributed by atoms with Crippen LogP contribution >= 0.6 is 0 Å². The molecule has 94 valence electrons. The summed E-state index contributed by atoms with van der Waals surface area (Å²) in [6, 6.07) is 0.511. The molecule has 0 aliphatic carbocycles. The lowest BCUT2D eigenvalue weighted by atomic mass is 9.88. The van der Waals surface area contributed by atoms with Gasteiger partial charge in [0, 0.05) is 24.5 Å². The molecule has 1 saturated heterocycles. The van der Waals surface area contributed by atoms with Crippen molar-refractivity contribution < 1.29 is 4.79 Å². The van der Waals surface area contributed by atoms with Crippen LogP contribution in [0.15, 0.2) is 0 Å². The zero-order valence-corrected chi connectivity index (χ0v) is 11.2. The fourth-order valence-corrected chi connectivity index (χ4v) is 2.11. The quantitative estimate of drug-likeness (QED) is 0.778. The number of carbonyl (C=O) groups excluding carboxylic acids is 1. The Bertz CT molecular complexity index is 232. The maximum Gasteiger partial charge on any atom is 0.228 e. The van der Waals surface area contributed by atoms with E-state index in [4.69, 9.17) is 0 Å². The van der Waals surface area contributed by atoms with Crippen LogP contribution in [0.25, 0.3) is 0 Å². The van der Waals surface area contributed by atoms with E-state index in [1.807, 2.05) is 18.7 Å². The van der Waals surface area contributed by atoms with Crippen LogP contribution in [0.2, 0.25) is 0 Å². The highest BCUT2D eigenvalue weighted by Gasteiger charge is 2.31. The molecule has 16 heavy (non-hydrogen) atoms. The Morgan fingerprint density at radius 2 is 2.12 bits per heavy atom. The van der Waals surface area contributed by atoms with Crippen LogP contribution in [0.1, 0.15) is 47.0 Å². The third-order valence-corrected chi connectivity index (χ3v) is 3.73. The van der Waals surface area contributed by atoms with E-state index in [2.05, 4.69) is 19.2 Å². The second kappa shape index (κ2) is 5.67. The SMILES string of the molecule is CCN(CC1CCCN1)C(=O)C(C)(C)CC. The van der Waals surface area contributed by atoms with E-state index in [1.165, 1.54) is 12.8 Å².